The number of sulfonamides is 1. The molecule has 0 aliphatic carbocycles. The lowest BCUT2D eigenvalue weighted by Gasteiger charge is -2.27. The van der Waals surface area contributed by atoms with Gasteiger partial charge in [0, 0.05) is 50.5 Å². The Morgan fingerprint density at radius 1 is 1.15 bits per heavy atom. The second kappa shape index (κ2) is 6.61. The Hall–Kier alpha value is -2.45. The lowest BCUT2D eigenvalue weighted by molar-refractivity contribution is 0.102. The maximum atomic E-state index is 12.8. The summed E-state index contributed by atoms with van der Waals surface area (Å²) >= 11 is 0. The van der Waals surface area contributed by atoms with Crippen LogP contribution in [0.4, 0.5) is 11.4 Å². The highest BCUT2D eigenvalue weighted by molar-refractivity contribution is 7.88. The molecular weight excluding hydrogens is 364 g/mol. The first-order chi connectivity index (χ1) is 12.8. The third-order valence-corrected chi connectivity index (χ3v) is 6.53. The number of amides is 1. The van der Waals surface area contributed by atoms with Crippen LogP contribution in [0.5, 0.6) is 0 Å². The van der Waals surface area contributed by atoms with Crippen LogP contribution >= 0.6 is 0 Å². The van der Waals surface area contributed by atoms with Crippen LogP contribution in [0.25, 0.3) is 0 Å². The first-order valence-corrected chi connectivity index (χ1v) is 10.7. The Bertz CT molecular complexity index is 1020. The van der Waals surface area contributed by atoms with Gasteiger partial charge in [-0.25, -0.2) is 8.42 Å². The van der Waals surface area contributed by atoms with Crippen molar-refractivity contribution in [2.24, 2.45) is 0 Å². The number of aromatic nitrogens is 1. The fraction of sp³-hybridized carbons (Fsp3) is 0.368. The molecule has 3 heterocycles. The van der Waals surface area contributed by atoms with E-state index in [0.29, 0.717) is 18.5 Å². The summed E-state index contributed by atoms with van der Waals surface area (Å²) in [4.78, 5) is 19.2. The van der Waals surface area contributed by atoms with Crippen molar-refractivity contribution in [3.8, 4) is 0 Å². The minimum Gasteiger partial charge on any atom is -0.374 e. The zero-order valence-corrected chi connectivity index (χ0v) is 16.2. The van der Waals surface area contributed by atoms with E-state index in [4.69, 9.17) is 0 Å². The summed E-state index contributed by atoms with van der Waals surface area (Å²) < 4.78 is 25.0. The molecule has 2 aromatic rings. The van der Waals surface area contributed by atoms with Crippen molar-refractivity contribution in [3.63, 3.8) is 0 Å². The lowest BCUT2D eigenvalue weighted by Crippen LogP contribution is -2.36. The third-order valence-electron chi connectivity index (χ3n) is 5.28. The predicted octanol–water partition coefficient (Wildman–Crippen LogP) is 1.64. The van der Waals surface area contributed by atoms with Gasteiger partial charge in [0.15, 0.2) is 0 Å². The molecule has 142 valence electrons. The van der Waals surface area contributed by atoms with Crippen molar-refractivity contribution in [1.29, 1.82) is 0 Å². The summed E-state index contributed by atoms with van der Waals surface area (Å²) in [5.41, 5.74) is 5.37. The summed E-state index contributed by atoms with van der Waals surface area (Å²) in [7, 11) is -1.20. The molecule has 2 aliphatic rings. The smallest absolute Gasteiger partial charge is 0.257 e. The summed E-state index contributed by atoms with van der Waals surface area (Å²) in [6.07, 6.45) is 5.88. The van der Waals surface area contributed by atoms with Crippen LogP contribution in [0, 0.1) is 0 Å². The standard InChI is InChI=1S/C19H22N4O3S/c1-22-7-5-13-9-15(3-4-18(13)22)21-19(24)17-11-20-10-14-12-23(27(2,25)26)8-6-16(14)17/h3-4,9-11H,5-8,12H2,1-2H3,(H,21,24). The number of benzene rings is 1. The molecule has 1 N–H and O–H groups in total. The highest BCUT2D eigenvalue weighted by Crippen LogP contribution is 2.30. The normalized spacial score (nSPS) is 16.7. The van der Waals surface area contributed by atoms with E-state index < -0.39 is 10.0 Å². The summed E-state index contributed by atoms with van der Waals surface area (Å²) in [5.74, 6) is -0.210. The summed E-state index contributed by atoms with van der Waals surface area (Å²) in [6.45, 7) is 1.62. The molecule has 0 spiro atoms. The van der Waals surface area contributed by atoms with E-state index in [1.54, 1.807) is 12.4 Å². The molecule has 27 heavy (non-hydrogen) atoms. The molecular formula is C19H22N4O3S. The average Bonchev–Trinajstić information content (AvgIpc) is 3.00. The minimum atomic E-state index is -3.26. The van der Waals surface area contributed by atoms with Gasteiger partial charge < -0.3 is 10.2 Å². The summed E-state index contributed by atoms with van der Waals surface area (Å²) in [5, 5.41) is 2.97. The number of hydrogen-bond acceptors (Lipinski definition) is 5. The number of rotatable bonds is 3. The van der Waals surface area contributed by atoms with Gasteiger partial charge >= 0.3 is 0 Å². The molecule has 0 fully saturated rings. The van der Waals surface area contributed by atoms with Gasteiger partial charge in [-0.1, -0.05) is 0 Å². The van der Waals surface area contributed by atoms with Crippen LogP contribution in [0.3, 0.4) is 0 Å². The third kappa shape index (κ3) is 3.42. The van der Waals surface area contributed by atoms with E-state index in [9.17, 15) is 13.2 Å². The molecule has 0 saturated carbocycles. The predicted molar refractivity (Wildman–Crippen MR) is 105 cm³/mol. The lowest BCUT2D eigenvalue weighted by atomic mass is 9.98. The Balaban J connectivity index is 1.57. The molecule has 0 radical (unpaired) electrons. The first-order valence-electron chi connectivity index (χ1n) is 8.89. The monoisotopic (exact) mass is 386 g/mol. The van der Waals surface area contributed by atoms with Crippen molar-refractivity contribution in [3.05, 3.63) is 52.8 Å². The van der Waals surface area contributed by atoms with Crippen LogP contribution in [-0.2, 0) is 29.4 Å². The minimum absolute atomic E-state index is 0.210. The Morgan fingerprint density at radius 2 is 1.96 bits per heavy atom. The molecule has 1 aromatic heterocycles. The van der Waals surface area contributed by atoms with Gasteiger partial charge in [0.25, 0.3) is 5.91 Å². The molecule has 1 amide bonds. The van der Waals surface area contributed by atoms with Gasteiger partial charge in [0.1, 0.15) is 0 Å². The highest BCUT2D eigenvalue weighted by atomic mass is 32.2. The van der Waals surface area contributed by atoms with Gasteiger partial charge in [-0.3, -0.25) is 9.78 Å². The second-order valence-corrected chi connectivity index (χ2v) is 9.12. The molecule has 4 rings (SSSR count). The van der Waals surface area contributed by atoms with Gasteiger partial charge in [-0.05, 0) is 47.7 Å². The molecule has 8 heteroatoms. The maximum Gasteiger partial charge on any atom is 0.257 e. The number of nitrogens with zero attached hydrogens (tertiary/aromatic N) is 3. The number of likely N-dealkylation sites (N-methyl/N-ethyl adjacent to an activating group) is 1. The number of fused-ring (bicyclic) bond motifs is 2. The highest BCUT2D eigenvalue weighted by Gasteiger charge is 2.27. The first kappa shape index (κ1) is 17.9. The number of anilines is 2. The number of carbonyl (C=O) groups excluding carboxylic acids is 1. The molecule has 7 nitrogen and oxygen atoms in total. The van der Waals surface area contributed by atoms with Crippen molar-refractivity contribution in [1.82, 2.24) is 9.29 Å². The summed E-state index contributed by atoms with van der Waals surface area (Å²) in [6, 6.07) is 5.96. The number of pyridine rings is 1. The quantitative estimate of drug-likeness (QED) is 0.867. The average molecular weight is 386 g/mol. The number of nitrogens with one attached hydrogen (secondary N) is 1. The topological polar surface area (TPSA) is 82.6 Å². The van der Waals surface area contributed by atoms with Gasteiger partial charge in [-0.15, -0.1) is 0 Å². The van der Waals surface area contributed by atoms with Gasteiger partial charge in [-0.2, -0.15) is 4.31 Å². The van der Waals surface area contributed by atoms with Crippen molar-refractivity contribution < 1.29 is 13.2 Å². The van der Waals surface area contributed by atoms with Crippen LogP contribution in [0.15, 0.2) is 30.6 Å². The van der Waals surface area contributed by atoms with Crippen LogP contribution in [0.2, 0.25) is 0 Å². The Morgan fingerprint density at radius 3 is 2.74 bits per heavy atom. The Kier molecular flexibility index (Phi) is 4.39. The fourth-order valence-corrected chi connectivity index (χ4v) is 4.59. The Labute approximate surface area is 159 Å². The van der Waals surface area contributed by atoms with Crippen molar-refractivity contribution in [2.45, 2.75) is 19.4 Å². The van der Waals surface area contributed by atoms with E-state index in [-0.39, 0.29) is 12.5 Å². The van der Waals surface area contributed by atoms with E-state index >= 15 is 0 Å². The molecule has 2 aliphatic heterocycles. The van der Waals surface area contributed by atoms with E-state index in [2.05, 4.69) is 22.2 Å². The van der Waals surface area contributed by atoms with Crippen molar-refractivity contribution in [2.75, 3.05) is 36.6 Å². The van der Waals surface area contributed by atoms with E-state index in [1.165, 1.54) is 21.8 Å². The SMILES string of the molecule is CN1CCc2cc(NC(=O)c3cncc4c3CCN(S(C)(=O)=O)C4)ccc21. The molecule has 0 unspecified atom stereocenters. The largest absolute Gasteiger partial charge is 0.374 e. The number of hydrogen-bond donors (Lipinski definition) is 1. The zero-order valence-electron chi connectivity index (χ0n) is 15.4. The maximum absolute atomic E-state index is 12.8. The number of carbonyl (C=O) groups is 1. The van der Waals surface area contributed by atoms with E-state index in [1.807, 2.05) is 18.2 Å². The van der Waals surface area contributed by atoms with E-state index in [0.717, 1.165) is 29.8 Å². The second-order valence-electron chi connectivity index (χ2n) is 7.14. The molecule has 1 aromatic carbocycles. The van der Waals surface area contributed by atoms with Crippen LogP contribution in [-0.4, -0.2) is 50.0 Å². The van der Waals surface area contributed by atoms with Crippen molar-refractivity contribution >= 4 is 27.3 Å². The van der Waals surface area contributed by atoms with Gasteiger partial charge in [0.05, 0.1) is 11.8 Å². The van der Waals surface area contributed by atoms with Gasteiger partial charge in [0.2, 0.25) is 10.0 Å². The zero-order chi connectivity index (χ0) is 19.2. The molecule has 0 atom stereocenters. The fourth-order valence-electron chi connectivity index (χ4n) is 3.79. The van der Waals surface area contributed by atoms with Crippen LogP contribution in [0.1, 0.15) is 27.0 Å². The molecule has 0 saturated heterocycles. The molecule has 0 bridgehead atoms. The van der Waals surface area contributed by atoms with Crippen LogP contribution < -0.4 is 10.2 Å².